The van der Waals surface area contributed by atoms with Crippen molar-refractivity contribution in [1.82, 2.24) is 20.1 Å². The lowest BCUT2D eigenvalue weighted by Crippen LogP contribution is -2.45. The van der Waals surface area contributed by atoms with Gasteiger partial charge in [0.15, 0.2) is 0 Å². The standard InChI is InChI=1S/C22H24N4O2S/c1-4-22(16-10-6-5-7-11-16)20(27)26(21(28)24-22)14-25(3)15(2)19-23-17-12-8-9-13-18(17)29-19/h5-13,15H,4,14H2,1-3H3,(H,24,28)/t15-,22-/m0/s1. The molecule has 1 fully saturated rings. The Balaban J connectivity index is 1.55. The number of hydrogen-bond donors (Lipinski definition) is 1. The molecule has 1 aliphatic heterocycles. The summed E-state index contributed by atoms with van der Waals surface area (Å²) in [6.45, 7) is 4.17. The van der Waals surface area contributed by atoms with Crippen LogP contribution in [0.3, 0.4) is 0 Å². The highest BCUT2D eigenvalue weighted by Crippen LogP contribution is 2.34. The highest BCUT2D eigenvalue weighted by atomic mass is 32.1. The molecule has 2 atom stereocenters. The SMILES string of the molecule is CC[C@@]1(c2ccccc2)NC(=O)N(CN(C)[C@@H](C)c2nc3ccccc3s2)C1=O. The minimum atomic E-state index is -1.00. The smallest absolute Gasteiger partial charge is 0.319 e. The summed E-state index contributed by atoms with van der Waals surface area (Å²) in [7, 11) is 1.91. The number of aromatic nitrogens is 1. The fourth-order valence-corrected chi connectivity index (χ4v) is 4.80. The molecule has 4 rings (SSSR count). The van der Waals surface area contributed by atoms with Gasteiger partial charge in [-0.3, -0.25) is 9.69 Å². The van der Waals surface area contributed by atoms with Crippen LogP contribution in [-0.2, 0) is 10.3 Å². The molecule has 6 nitrogen and oxygen atoms in total. The van der Waals surface area contributed by atoms with Crippen LogP contribution in [0.1, 0.15) is 36.9 Å². The van der Waals surface area contributed by atoms with Crippen LogP contribution in [-0.4, -0.2) is 40.4 Å². The van der Waals surface area contributed by atoms with Crippen LogP contribution < -0.4 is 5.32 Å². The summed E-state index contributed by atoms with van der Waals surface area (Å²) >= 11 is 1.64. The summed E-state index contributed by atoms with van der Waals surface area (Å²) in [6.07, 6.45) is 0.495. The monoisotopic (exact) mass is 408 g/mol. The predicted molar refractivity (Wildman–Crippen MR) is 114 cm³/mol. The van der Waals surface area contributed by atoms with Crippen LogP contribution in [0.25, 0.3) is 10.2 Å². The zero-order chi connectivity index (χ0) is 20.6. The van der Waals surface area contributed by atoms with Crippen LogP contribution in [0.2, 0.25) is 0 Å². The first kappa shape index (κ1) is 19.5. The van der Waals surface area contributed by atoms with Crippen molar-refractivity contribution in [3.8, 4) is 0 Å². The minimum absolute atomic E-state index is 0.0265. The van der Waals surface area contributed by atoms with Crippen molar-refractivity contribution in [2.75, 3.05) is 13.7 Å². The van der Waals surface area contributed by atoms with Gasteiger partial charge in [-0.25, -0.2) is 14.7 Å². The molecule has 29 heavy (non-hydrogen) atoms. The zero-order valence-corrected chi connectivity index (χ0v) is 17.6. The first-order valence-electron chi connectivity index (χ1n) is 9.71. The molecule has 1 N–H and O–H groups in total. The second-order valence-electron chi connectivity index (χ2n) is 7.38. The summed E-state index contributed by atoms with van der Waals surface area (Å²) in [5.41, 5.74) is 0.778. The fourth-order valence-electron chi connectivity index (χ4n) is 3.72. The molecule has 2 aromatic carbocycles. The number of fused-ring (bicyclic) bond motifs is 1. The Morgan fingerprint density at radius 3 is 2.52 bits per heavy atom. The van der Waals surface area contributed by atoms with E-state index < -0.39 is 5.54 Å². The number of amides is 3. The van der Waals surface area contributed by atoms with Gasteiger partial charge in [0, 0.05) is 0 Å². The second kappa shape index (κ2) is 7.57. The van der Waals surface area contributed by atoms with E-state index in [0.29, 0.717) is 6.42 Å². The molecule has 0 radical (unpaired) electrons. The molecule has 1 aromatic heterocycles. The van der Waals surface area contributed by atoms with Crippen LogP contribution in [0.4, 0.5) is 4.79 Å². The number of urea groups is 1. The third kappa shape index (κ3) is 3.30. The summed E-state index contributed by atoms with van der Waals surface area (Å²) in [6, 6.07) is 17.1. The summed E-state index contributed by atoms with van der Waals surface area (Å²) < 4.78 is 1.13. The van der Waals surface area contributed by atoms with E-state index in [9.17, 15) is 9.59 Å². The number of hydrogen-bond acceptors (Lipinski definition) is 5. The van der Waals surface area contributed by atoms with E-state index in [1.165, 1.54) is 4.90 Å². The van der Waals surface area contributed by atoms with Crippen molar-refractivity contribution in [2.45, 2.75) is 31.8 Å². The van der Waals surface area contributed by atoms with Crippen LogP contribution in [0.15, 0.2) is 54.6 Å². The Morgan fingerprint density at radius 1 is 1.14 bits per heavy atom. The summed E-state index contributed by atoms with van der Waals surface area (Å²) in [4.78, 5) is 34.0. The van der Waals surface area contributed by atoms with E-state index in [0.717, 1.165) is 20.8 Å². The lowest BCUT2D eigenvalue weighted by Gasteiger charge is -2.28. The molecule has 0 bridgehead atoms. The fraction of sp³-hybridized carbons (Fsp3) is 0.318. The topological polar surface area (TPSA) is 65.5 Å². The van der Waals surface area contributed by atoms with Gasteiger partial charge in [-0.2, -0.15) is 0 Å². The van der Waals surface area contributed by atoms with Crippen LogP contribution in [0, 0.1) is 0 Å². The molecule has 7 heteroatoms. The Kier molecular flexibility index (Phi) is 5.10. The molecule has 3 aromatic rings. The number of nitrogens with zero attached hydrogens (tertiary/aromatic N) is 3. The van der Waals surface area contributed by atoms with Crippen molar-refractivity contribution in [3.05, 3.63) is 65.2 Å². The largest absolute Gasteiger partial charge is 0.326 e. The van der Waals surface area contributed by atoms with E-state index in [2.05, 4.69) is 11.4 Å². The molecule has 1 aliphatic rings. The lowest BCUT2D eigenvalue weighted by atomic mass is 9.87. The number of carbonyl (C=O) groups excluding carboxylic acids is 2. The number of imide groups is 1. The average Bonchev–Trinajstić information content (AvgIpc) is 3.28. The van der Waals surface area contributed by atoms with E-state index in [4.69, 9.17) is 4.98 Å². The molecular formula is C22H24N4O2S. The van der Waals surface area contributed by atoms with Gasteiger partial charge < -0.3 is 5.32 Å². The van der Waals surface area contributed by atoms with Crippen molar-refractivity contribution < 1.29 is 9.59 Å². The molecular weight excluding hydrogens is 384 g/mol. The third-order valence-electron chi connectivity index (χ3n) is 5.67. The molecule has 0 saturated carbocycles. The van der Waals surface area contributed by atoms with Crippen molar-refractivity contribution in [2.24, 2.45) is 0 Å². The van der Waals surface area contributed by atoms with Crippen molar-refractivity contribution in [3.63, 3.8) is 0 Å². The van der Waals surface area contributed by atoms with E-state index >= 15 is 0 Å². The lowest BCUT2D eigenvalue weighted by molar-refractivity contribution is -0.133. The van der Waals surface area contributed by atoms with Crippen molar-refractivity contribution >= 4 is 33.5 Å². The van der Waals surface area contributed by atoms with Crippen LogP contribution in [0.5, 0.6) is 0 Å². The molecule has 150 valence electrons. The zero-order valence-electron chi connectivity index (χ0n) is 16.8. The molecule has 1 saturated heterocycles. The van der Waals surface area contributed by atoms with E-state index in [1.807, 2.05) is 74.3 Å². The highest BCUT2D eigenvalue weighted by molar-refractivity contribution is 7.18. The van der Waals surface area contributed by atoms with Gasteiger partial charge in [0.2, 0.25) is 0 Å². The number of para-hydroxylation sites is 1. The number of nitrogens with one attached hydrogen (secondary N) is 1. The van der Waals surface area contributed by atoms with Crippen molar-refractivity contribution in [1.29, 1.82) is 0 Å². The first-order chi connectivity index (χ1) is 14.0. The third-order valence-corrected chi connectivity index (χ3v) is 6.87. The van der Waals surface area contributed by atoms with Gasteiger partial charge in [-0.1, -0.05) is 49.4 Å². The predicted octanol–water partition coefficient (Wildman–Crippen LogP) is 4.10. The number of benzene rings is 2. The van der Waals surface area contributed by atoms with Gasteiger partial charge in [-0.15, -0.1) is 11.3 Å². The van der Waals surface area contributed by atoms with Gasteiger partial charge in [0.1, 0.15) is 10.5 Å². The van der Waals surface area contributed by atoms with E-state index in [1.54, 1.807) is 11.3 Å². The number of rotatable bonds is 6. The Morgan fingerprint density at radius 2 is 1.83 bits per heavy atom. The second-order valence-corrected chi connectivity index (χ2v) is 8.44. The Hall–Kier alpha value is -2.77. The molecule has 2 heterocycles. The minimum Gasteiger partial charge on any atom is -0.319 e. The maximum Gasteiger partial charge on any atom is 0.326 e. The quantitative estimate of drug-likeness (QED) is 0.624. The maximum atomic E-state index is 13.3. The maximum absolute atomic E-state index is 13.3. The van der Waals surface area contributed by atoms with E-state index in [-0.39, 0.29) is 24.6 Å². The molecule has 3 amide bonds. The highest BCUT2D eigenvalue weighted by Gasteiger charge is 2.51. The van der Waals surface area contributed by atoms with Gasteiger partial charge in [-0.05, 0) is 38.1 Å². The van der Waals surface area contributed by atoms with Gasteiger partial charge >= 0.3 is 6.03 Å². The number of carbonyl (C=O) groups is 2. The first-order valence-corrected chi connectivity index (χ1v) is 10.5. The normalized spacial score (nSPS) is 20.5. The summed E-state index contributed by atoms with van der Waals surface area (Å²) in [5, 5.41) is 3.90. The van der Waals surface area contributed by atoms with Crippen LogP contribution >= 0.6 is 11.3 Å². The Bertz CT molecular complexity index is 1020. The molecule has 0 unspecified atom stereocenters. The van der Waals surface area contributed by atoms with Gasteiger partial charge in [0.05, 0.1) is 22.9 Å². The average molecular weight is 409 g/mol. The number of thiazole rings is 1. The molecule has 0 aliphatic carbocycles. The Labute approximate surface area is 174 Å². The molecule has 0 spiro atoms. The van der Waals surface area contributed by atoms with Gasteiger partial charge in [0.25, 0.3) is 5.91 Å². The summed E-state index contributed by atoms with van der Waals surface area (Å²) in [5.74, 6) is -0.209.